The predicted molar refractivity (Wildman–Crippen MR) is 104 cm³/mol. The molecule has 0 aliphatic heterocycles. The van der Waals surface area contributed by atoms with E-state index in [9.17, 15) is 13.2 Å². The van der Waals surface area contributed by atoms with E-state index in [4.69, 9.17) is 21.1 Å². The molecular weight excluding hydrogens is 392 g/mol. The first-order chi connectivity index (χ1) is 12.9. The minimum atomic E-state index is -3.81. The van der Waals surface area contributed by atoms with Crippen molar-refractivity contribution in [1.29, 1.82) is 0 Å². The van der Waals surface area contributed by atoms with Gasteiger partial charge in [0.15, 0.2) is 0 Å². The molecule has 146 valence electrons. The lowest BCUT2D eigenvalue weighted by molar-refractivity contribution is 0.0949. The highest BCUT2D eigenvalue weighted by Crippen LogP contribution is 2.24. The highest BCUT2D eigenvalue weighted by molar-refractivity contribution is 7.92. The number of amides is 1. The molecule has 7 nitrogen and oxygen atoms in total. The summed E-state index contributed by atoms with van der Waals surface area (Å²) < 4.78 is 37.4. The van der Waals surface area contributed by atoms with Crippen LogP contribution >= 0.6 is 11.6 Å². The number of nitrogens with one attached hydrogen (secondary N) is 2. The number of carbonyl (C=O) groups is 1. The number of methoxy groups -OCH3 is 2. The van der Waals surface area contributed by atoms with Crippen LogP contribution in [0.15, 0.2) is 47.4 Å². The molecule has 0 aromatic heterocycles. The summed E-state index contributed by atoms with van der Waals surface area (Å²) in [6.45, 7) is 0.945. The molecular formula is C18H21ClN2O5S. The number of rotatable bonds is 9. The molecule has 2 aromatic carbocycles. The third-order valence-corrected chi connectivity index (χ3v) is 5.37. The summed E-state index contributed by atoms with van der Waals surface area (Å²) in [5.74, 6) is 0.162. The molecule has 0 saturated carbocycles. The number of carbonyl (C=O) groups excluding carboxylic acids is 1. The van der Waals surface area contributed by atoms with E-state index >= 15 is 0 Å². The van der Waals surface area contributed by atoms with Crippen molar-refractivity contribution in [3.05, 3.63) is 53.1 Å². The van der Waals surface area contributed by atoms with Gasteiger partial charge in [-0.1, -0.05) is 11.6 Å². The molecule has 0 radical (unpaired) electrons. The smallest absolute Gasteiger partial charge is 0.261 e. The molecule has 0 bridgehead atoms. The molecule has 2 aromatic rings. The Morgan fingerprint density at radius 1 is 1.11 bits per heavy atom. The molecule has 27 heavy (non-hydrogen) atoms. The molecule has 0 aliphatic rings. The monoisotopic (exact) mass is 412 g/mol. The van der Waals surface area contributed by atoms with Gasteiger partial charge in [0.2, 0.25) is 0 Å². The van der Waals surface area contributed by atoms with Crippen LogP contribution in [0.1, 0.15) is 16.8 Å². The van der Waals surface area contributed by atoms with Crippen LogP contribution in [0.5, 0.6) is 5.75 Å². The lowest BCUT2D eigenvalue weighted by Crippen LogP contribution is -2.25. The first-order valence-corrected chi connectivity index (χ1v) is 9.97. The predicted octanol–water partition coefficient (Wildman–Crippen LogP) is 2.92. The molecule has 2 N–H and O–H groups in total. The van der Waals surface area contributed by atoms with Gasteiger partial charge in [-0.05, 0) is 48.9 Å². The molecule has 2 rings (SSSR count). The van der Waals surface area contributed by atoms with Crippen LogP contribution in [0.3, 0.4) is 0 Å². The van der Waals surface area contributed by atoms with Crippen molar-refractivity contribution in [2.24, 2.45) is 0 Å². The third kappa shape index (κ3) is 5.85. The first-order valence-electron chi connectivity index (χ1n) is 8.11. The van der Waals surface area contributed by atoms with E-state index in [1.807, 2.05) is 0 Å². The van der Waals surface area contributed by atoms with Crippen molar-refractivity contribution in [2.75, 3.05) is 32.1 Å². The summed E-state index contributed by atoms with van der Waals surface area (Å²) in [4.78, 5) is 12.3. The van der Waals surface area contributed by atoms with Gasteiger partial charge >= 0.3 is 0 Å². The molecule has 0 spiro atoms. The van der Waals surface area contributed by atoms with E-state index in [1.165, 1.54) is 37.4 Å². The Morgan fingerprint density at radius 2 is 1.81 bits per heavy atom. The fraction of sp³-hybridized carbons (Fsp3) is 0.278. The van der Waals surface area contributed by atoms with Gasteiger partial charge < -0.3 is 14.8 Å². The lowest BCUT2D eigenvalue weighted by atomic mass is 10.2. The minimum absolute atomic E-state index is 0.0730. The van der Waals surface area contributed by atoms with Crippen molar-refractivity contribution < 1.29 is 22.7 Å². The topological polar surface area (TPSA) is 93.7 Å². The molecule has 0 fully saturated rings. The van der Waals surface area contributed by atoms with Crippen molar-refractivity contribution in [1.82, 2.24) is 5.32 Å². The second kappa shape index (κ2) is 9.59. The number of hydrogen-bond donors (Lipinski definition) is 2. The number of halogens is 1. The van der Waals surface area contributed by atoms with Crippen LogP contribution < -0.4 is 14.8 Å². The summed E-state index contributed by atoms with van der Waals surface area (Å²) in [7, 11) is -0.737. The van der Waals surface area contributed by atoms with Crippen LogP contribution in [0.25, 0.3) is 0 Å². The van der Waals surface area contributed by atoms with Gasteiger partial charge in [0.05, 0.1) is 22.6 Å². The van der Waals surface area contributed by atoms with E-state index in [0.717, 1.165) is 0 Å². The fourth-order valence-corrected chi connectivity index (χ4v) is 3.50. The third-order valence-electron chi connectivity index (χ3n) is 3.64. The summed E-state index contributed by atoms with van der Waals surface area (Å²) >= 11 is 6.08. The van der Waals surface area contributed by atoms with Gasteiger partial charge in [-0.25, -0.2) is 8.42 Å². The first kappa shape index (κ1) is 21.0. The van der Waals surface area contributed by atoms with Crippen molar-refractivity contribution in [3.63, 3.8) is 0 Å². The van der Waals surface area contributed by atoms with Crippen LogP contribution in [0.4, 0.5) is 5.69 Å². The quantitative estimate of drug-likeness (QED) is 0.617. The van der Waals surface area contributed by atoms with E-state index in [-0.39, 0.29) is 27.1 Å². The Bertz CT molecular complexity index is 885. The van der Waals surface area contributed by atoms with E-state index in [1.54, 1.807) is 19.2 Å². The zero-order valence-corrected chi connectivity index (χ0v) is 16.6. The number of hydrogen-bond acceptors (Lipinski definition) is 5. The van der Waals surface area contributed by atoms with Gasteiger partial charge in [-0.3, -0.25) is 9.52 Å². The normalized spacial score (nSPS) is 11.1. The van der Waals surface area contributed by atoms with Gasteiger partial charge in [0, 0.05) is 25.9 Å². The standard InChI is InChI=1S/C18H21ClN2O5S/c1-25-11-3-10-20-18(22)16-12-13(4-9-17(16)19)21-27(23,24)15-7-5-14(26-2)6-8-15/h4-9,12,21H,3,10-11H2,1-2H3,(H,20,22). The van der Waals surface area contributed by atoms with Crippen LogP contribution in [0, 0.1) is 0 Å². The van der Waals surface area contributed by atoms with Gasteiger partial charge in [0.1, 0.15) is 5.75 Å². The SMILES string of the molecule is COCCCNC(=O)c1cc(NS(=O)(=O)c2ccc(OC)cc2)ccc1Cl. The minimum Gasteiger partial charge on any atom is -0.497 e. The van der Waals surface area contributed by atoms with Gasteiger partial charge in [-0.2, -0.15) is 0 Å². The van der Waals surface area contributed by atoms with Crippen LogP contribution in [-0.2, 0) is 14.8 Å². The number of benzene rings is 2. The maximum atomic E-state index is 12.5. The Hall–Kier alpha value is -2.29. The Labute approximate surface area is 163 Å². The maximum Gasteiger partial charge on any atom is 0.261 e. The van der Waals surface area contributed by atoms with Crippen LogP contribution in [-0.4, -0.2) is 41.7 Å². The number of sulfonamides is 1. The molecule has 9 heteroatoms. The Kier molecular flexibility index (Phi) is 7.46. The zero-order chi connectivity index (χ0) is 19.9. The second-order valence-corrected chi connectivity index (χ2v) is 7.67. The molecule has 1 amide bonds. The fourth-order valence-electron chi connectivity index (χ4n) is 2.25. The van der Waals surface area contributed by atoms with Crippen LogP contribution in [0.2, 0.25) is 5.02 Å². The highest BCUT2D eigenvalue weighted by atomic mass is 35.5. The zero-order valence-electron chi connectivity index (χ0n) is 15.0. The van der Waals surface area contributed by atoms with Crippen molar-refractivity contribution in [2.45, 2.75) is 11.3 Å². The summed E-state index contributed by atoms with van der Waals surface area (Å²) in [5, 5.41) is 2.94. The van der Waals surface area contributed by atoms with E-state index < -0.39 is 10.0 Å². The van der Waals surface area contributed by atoms with Crippen molar-refractivity contribution in [3.8, 4) is 5.75 Å². The Balaban J connectivity index is 2.15. The number of ether oxygens (including phenoxy) is 2. The van der Waals surface area contributed by atoms with Gasteiger partial charge in [0.25, 0.3) is 15.9 Å². The molecule has 0 saturated heterocycles. The second-order valence-electron chi connectivity index (χ2n) is 5.58. The highest BCUT2D eigenvalue weighted by Gasteiger charge is 2.17. The van der Waals surface area contributed by atoms with Crippen molar-refractivity contribution >= 4 is 33.2 Å². The lowest BCUT2D eigenvalue weighted by Gasteiger charge is -2.11. The summed E-state index contributed by atoms with van der Waals surface area (Å²) in [5.41, 5.74) is 0.418. The largest absolute Gasteiger partial charge is 0.497 e. The summed E-state index contributed by atoms with van der Waals surface area (Å²) in [6, 6.07) is 10.3. The molecule has 0 aliphatic carbocycles. The molecule has 0 atom stereocenters. The van der Waals surface area contributed by atoms with E-state index in [2.05, 4.69) is 10.0 Å². The molecule has 0 heterocycles. The average Bonchev–Trinajstić information content (AvgIpc) is 2.66. The average molecular weight is 413 g/mol. The van der Waals surface area contributed by atoms with E-state index in [0.29, 0.717) is 25.3 Å². The number of anilines is 1. The summed E-state index contributed by atoms with van der Waals surface area (Å²) in [6.07, 6.45) is 0.656. The Morgan fingerprint density at radius 3 is 2.44 bits per heavy atom. The van der Waals surface area contributed by atoms with Gasteiger partial charge in [-0.15, -0.1) is 0 Å². The maximum absolute atomic E-state index is 12.5. The molecule has 0 unspecified atom stereocenters.